The highest BCUT2D eigenvalue weighted by Crippen LogP contribution is 2.32. The first-order valence-electron chi connectivity index (χ1n) is 17.6. The topological polar surface area (TPSA) is 175 Å². The lowest BCUT2D eigenvalue weighted by Crippen LogP contribution is -2.51. The van der Waals surface area contributed by atoms with Crippen molar-refractivity contribution >= 4 is 24.0 Å². The SMILES string of the molecule is COC(=O)NCC(C)CC(=O)N1CCCC1c1ncc(C#Cc2ccc(C#Cc3cnc(C4CCCN4C(=O)C(NC(=O)OC)C(C)C)[nH]3)cc2)[nH]1. The van der Waals surface area contributed by atoms with Crippen LogP contribution in [0.1, 0.15) is 99.1 Å². The molecule has 0 spiro atoms. The third-order valence-electron chi connectivity index (χ3n) is 9.19. The first-order chi connectivity index (χ1) is 25.1. The summed E-state index contributed by atoms with van der Waals surface area (Å²) in [6, 6.07) is 6.52. The van der Waals surface area contributed by atoms with Gasteiger partial charge in [0, 0.05) is 37.2 Å². The molecule has 14 heteroatoms. The molecule has 2 saturated heterocycles. The number of hydrogen-bond donors (Lipinski definition) is 4. The number of nitrogens with one attached hydrogen (secondary N) is 4. The lowest BCUT2D eigenvalue weighted by atomic mass is 10.0. The van der Waals surface area contributed by atoms with Gasteiger partial charge in [-0.25, -0.2) is 19.6 Å². The van der Waals surface area contributed by atoms with Crippen LogP contribution in [0.25, 0.3) is 0 Å². The monoisotopic (exact) mass is 710 g/mol. The third kappa shape index (κ3) is 9.51. The summed E-state index contributed by atoms with van der Waals surface area (Å²) in [7, 11) is 2.59. The molecule has 2 aliphatic heterocycles. The second kappa shape index (κ2) is 17.4. The number of rotatable bonds is 9. The highest BCUT2D eigenvalue weighted by molar-refractivity contribution is 5.86. The van der Waals surface area contributed by atoms with Gasteiger partial charge in [0.2, 0.25) is 11.8 Å². The van der Waals surface area contributed by atoms with Gasteiger partial charge in [0.05, 0.1) is 38.7 Å². The van der Waals surface area contributed by atoms with Crippen molar-refractivity contribution in [2.45, 2.75) is 71.0 Å². The minimum absolute atomic E-state index is 0.0282. The number of ether oxygens (including phenoxy) is 2. The Kier molecular flexibility index (Phi) is 12.6. The van der Waals surface area contributed by atoms with Gasteiger partial charge in [0.15, 0.2) is 0 Å². The number of carbonyl (C=O) groups is 4. The first kappa shape index (κ1) is 37.5. The van der Waals surface area contributed by atoms with Gasteiger partial charge in [-0.05, 0) is 73.6 Å². The van der Waals surface area contributed by atoms with Crippen LogP contribution in [0.4, 0.5) is 9.59 Å². The fourth-order valence-electron chi connectivity index (χ4n) is 6.41. The zero-order chi connectivity index (χ0) is 37.2. The largest absolute Gasteiger partial charge is 0.453 e. The normalized spacial score (nSPS) is 17.7. The van der Waals surface area contributed by atoms with Crippen molar-refractivity contribution < 1.29 is 28.7 Å². The van der Waals surface area contributed by atoms with Crippen LogP contribution in [-0.4, -0.2) is 93.6 Å². The quantitative estimate of drug-likeness (QED) is 0.241. The number of amides is 4. The molecule has 0 radical (unpaired) electrons. The fraction of sp³-hybridized carbons (Fsp3) is 0.474. The average molecular weight is 711 g/mol. The van der Waals surface area contributed by atoms with E-state index in [0.29, 0.717) is 49.1 Å². The summed E-state index contributed by atoms with van der Waals surface area (Å²) in [6.45, 7) is 7.29. The van der Waals surface area contributed by atoms with Gasteiger partial charge in [-0.1, -0.05) is 32.6 Å². The van der Waals surface area contributed by atoms with E-state index in [1.807, 2.05) is 49.9 Å². The molecule has 4 atom stereocenters. The predicted octanol–water partition coefficient (Wildman–Crippen LogP) is 4.02. The molecule has 274 valence electrons. The molecule has 2 fully saturated rings. The van der Waals surface area contributed by atoms with E-state index in [0.717, 1.165) is 36.8 Å². The number of H-pyrrole nitrogens is 2. The van der Waals surface area contributed by atoms with Gasteiger partial charge in [-0.2, -0.15) is 0 Å². The molecule has 4 heterocycles. The van der Waals surface area contributed by atoms with Crippen molar-refractivity contribution in [3.05, 3.63) is 70.8 Å². The summed E-state index contributed by atoms with van der Waals surface area (Å²) in [5.74, 6) is 13.7. The molecule has 52 heavy (non-hydrogen) atoms. The van der Waals surface area contributed by atoms with E-state index in [1.165, 1.54) is 14.2 Å². The number of likely N-dealkylation sites (tertiary alicyclic amines) is 2. The Morgan fingerprint density at radius 2 is 1.33 bits per heavy atom. The van der Waals surface area contributed by atoms with Crippen LogP contribution < -0.4 is 10.6 Å². The molecule has 14 nitrogen and oxygen atoms in total. The van der Waals surface area contributed by atoms with Crippen LogP contribution in [0, 0.1) is 35.5 Å². The molecule has 0 bridgehead atoms. The highest BCUT2D eigenvalue weighted by Gasteiger charge is 2.37. The zero-order valence-corrected chi connectivity index (χ0v) is 30.2. The fourth-order valence-corrected chi connectivity index (χ4v) is 6.41. The summed E-state index contributed by atoms with van der Waals surface area (Å²) in [6.07, 6.45) is 5.82. The zero-order valence-electron chi connectivity index (χ0n) is 30.2. The number of benzene rings is 1. The minimum atomic E-state index is -0.697. The number of alkyl carbamates (subject to hydrolysis) is 2. The number of aromatic amines is 2. The van der Waals surface area contributed by atoms with E-state index in [4.69, 9.17) is 4.74 Å². The van der Waals surface area contributed by atoms with Gasteiger partial charge in [0.25, 0.3) is 0 Å². The average Bonchev–Trinajstić information content (AvgIpc) is 3.97. The number of hydrogen-bond acceptors (Lipinski definition) is 8. The number of nitrogens with zero attached hydrogens (tertiary/aromatic N) is 4. The van der Waals surface area contributed by atoms with Crippen molar-refractivity contribution in [3.8, 4) is 23.7 Å². The van der Waals surface area contributed by atoms with Crippen molar-refractivity contribution in [2.75, 3.05) is 33.9 Å². The highest BCUT2D eigenvalue weighted by atomic mass is 16.5. The summed E-state index contributed by atoms with van der Waals surface area (Å²) >= 11 is 0. The maximum Gasteiger partial charge on any atom is 0.407 e. The molecule has 0 saturated carbocycles. The molecular formula is C38H46N8O6. The predicted molar refractivity (Wildman–Crippen MR) is 191 cm³/mol. The van der Waals surface area contributed by atoms with Crippen LogP contribution >= 0.6 is 0 Å². The van der Waals surface area contributed by atoms with Gasteiger partial charge >= 0.3 is 12.2 Å². The molecule has 2 aliphatic rings. The molecule has 2 aromatic heterocycles. The summed E-state index contributed by atoms with van der Waals surface area (Å²) in [5.41, 5.74) is 2.91. The second-order valence-electron chi connectivity index (χ2n) is 13.4. The van der Waals surface area contributed by atoms with Gasteiger partial charge in [-0.15, -0.1) is 0 Å². The lowest BCUT2D eigenvalue weighted by Gasteiger charge is -2.29. The Morgan fingerprint density at radius 3 is 1.85 bits per heavy atom. The van der Waals surface area contributed by atoms with Crippen LogP contribution in [-0.2, 0) is 19.1 Å². The van der Waals surface area contributed by atoms with Crippen molar-refractivity contribution in [3.63, 3.8) is 0 Å². The van der Waals surface area contributed by atoms with E-state index in [2.05, 4.69) is 59.0 Å². The van der Waals surface area contributed by atoms with E-state index in [-0.39, 0.29) is 35.7 Å². The van der Waals surface area contributed by atoms with Crippen LogP contribution in [0.2, 0.25) is 0 Å². The molecule has 0 aliphatic carbocycles. The van der Waals surface area contributed by atoms with Crippen LogP contribution in [0.3, 0.4) is 0 Å². The van der Waals surface area contributed by atoms with E-state index in [9.17, 15) is 19.2 Å². The van der Waals surface area contributed by atoms with Gasteiger partial charge < -0.3 is 39.9 Å². The molecule has 3 aromatic rings. The Bertz CT molecular complexity index is 1860. The maximum atomic E-state index is 13.4. The Hall–Kier alpha value is -5.76. The number of carbonyl (C=O) groups excluding carboxylic acids is 4. The maximum absolute atomic E-state index is 13.4. The van der Waals surface area contributed by atoms with Crippen molar-refractivity contribution in [1.82, 2.24) is 40.4 Å². The van der Waals surface area contributed by atoms with Gasteiger partial charge in [0.1, 0.15) is 29.1 Å². The Balaban J connectivity index is 1.16. The Morgan fingerprint density at radius 1 is 0.808 bits per heavy atom. The first-order valence-corrected chi connectivity index (χ1v) is 17.6. The number of methoxy groups -OCH3 is 2. The number of imidazole rings is 2. The standard InChI is InChI=1S/C38H46N8O6/c1-24(2)33(44-38(50)52-5)36(48)46-19-7-9-31(46)35-40-23-29(43-35)17-15-27-12-10-26(11-13-27)14-16-28-22-39-34(42-28)30-8-6-18-45(30)32(47)20-25(3)21-41-37(49)51-4/h10-13,22-25,30-31,33H,6-9,18-21H2,1-5H3,(H,39,42)(H,40,43)(H,41,49)(H,44,50). The van der Waals surface area contributed by atoms with E-state index in [1.54, 1.807) is 17.3 Å². The van der Waals surface area contributed by atoms with Crippen LogP contribution in [0.15, 0.2) is 36.7 Å². The summed E-state index contributed by atoms with van der Waals surface area (Å²) in [4.78, 5) is 68.9. The van der Waals surface area contributed by atoms with Crippen LogP contribution in [0.5, 0.6) is 0 Å². The minimum Gasteiger partial charge on any atom is -0.453 e. The van der Waals surface area contributed by atoms with Gasteiger partial charge in [-0.3, -0.25) is 9.59 Å². The van der Waals surface area contributed by atoms with E-state index >= 15 is 0 Å². The number of aromatic nitrogens is 4. The molecule has 1 aromatic carbocycles. The molecule has 4 N–H and O–H groups in total. The summed E-state index contributed by atoms with van der Waals surface area (Å²) in [5, 5.41) is 5.31. The lowest BCUT2D eigenvalue weighted by molar-refractivity contribution is -0.135. The van der Waals surface area contributed by atoms with E-state index < -0.39 is 18.2 Å². The van der Waals surface area contributed by atoms with Crippen molar-refractivity contribution in [2.24, 2.45) is 11.8 Å². The molecule has 4 unspecified atom stereocenters. The van der Waals surface area contributed by atoms with Crippen molar-refractivity contribution in [1.29, 1.82) is 0 Å². The smallest absolute Gasteiger partial charge is 0.407 e. The second-order valence-corrected chi connectivity index (χ2v) is 13.4. The molecule has 5 rings (SSSR count). The third-order valence-corrected chi connectivity index (χ3v) is 9.19. The molecule has 4 amide bonds. The summed E-state index contributed by atoms with van der Waals surface area (Å²) < 4.78 is 9.33. The Labute approximate surface area is 303 Å². The molecular weight excluding hydrogens is 664 g/mol.